The van der Waals surface area contributed by atoms with Crippen molar-refractivity contribution in [2.75, 3.05) is 46.9 Å². The summed E-state index contributed by atoms with van der Waals surface area (Å²) in [6.45, 7) is 7.89. The van der Waals surface area contributed by atoms with Gasteiger partial charge in [-0.1, -0.05) is 6.92 Å². The van der Waals surface area contributed by atoms with Crippen LogP contribution in [0.4, 0.5) is 0 Å². The maximum absolute atomic E-state index is 5.16. The molecule has 0 aromatic rings. The van der Waals surface area contributed by atoms with Gasteiger partial charge in [-0.05, 0) is 44.8 Å². The smallest absolute Gasteiger partial charge is 0.0500 e. The highest BCUT2D eigenvalue weighted by Crippen LogP contribution is 2.11. The summed E-state index contributed by atoms with van der Waals surface area (Å²) in [7, 11) is 4.00. The first-order chi connectivity index (χ1) is 7.22. The molecule has 0 amide bonds. The molecule has 0 aromatic heterocycles. The first-order valence-electron chi connectivity index (χ1n) is 6.10. The molecule has 0 spiro atoms. The average molecular weight is 214 g/mol. The Morgan fingerprint density at radius 3 is 2.93 bits per heavy atom. The van der Waals surface area contributed by atoms with Crippen LogP contribution in [0.15, 0.2) is 0 Å². The van der Waals surface area contributed by atoms with E-state index in [1.165, 1.54) is 32.5 Å². The Bertz CT molecular complexity index is 158. The average Bonchev–Trinajstić information content (AvgIpc) is 2.19. The molecule has 1 fully saturated rings. The minimum atomic E-state index is 0.636. The van der Waals surface area contributed by atoms with Gasteiger partial charge in [-0.25, -0.2) is 0 Å². The van der Waals surface area contributed by atoms with Gasteiger partial charge >= 0.3 is 0 Å². The van der Waals surface area contributed by atoms with Crippen molar-refractivity contribution in [1.29, 1.82) is 0 Å². The Labute approximate surface area is 94.2 Å². The Morgan fingerprint density at radius 2 is 2.33 bits per heavy atom. The molecule has 0 aromatic carbocycles. The molecule has 15 heavy (non-hydrogen) atoms. The summed E-state index contributed by atoms with van der Waals surface area (Å²) in [6, 6.07) is 0. The van der Waals surface area contributed by atoms with E-state index in [2.05, 4.69) is 24.2 Å². The lowest BCUT2D eigenvalue weighted by Gasteiger charge is -2.29. The minimum absolute atomic E-state index is 0.636. The fourth-order valence-corrected chi connectivity index (χ4v) is 2.46. The van der Waals surface area contributed by atoms with Crippen LogP contribution < -0.4 is 5.32 Å². The van der Waals surface area contributed by atoms with E-state index in [0.717, 1.165) is 19.1 Å². The van der Waals surface area contributed by atoms with Gasteiger partial charge in [0, 0.05) is 26.8 Å². The zero-order valence-electron chi connectivity index (χ0n) is 10.5. The van der Waals surface area contributed by atoms with Crippen LogP contribution in [0.3, 0.4) is 0 Å². The number of hydrogen-bond donors (Lipinski definition) is 1. The summed E-state index contributed by atoms with van der Waals surface area (Å²) in [5, 5.41) is 3.47. The second-order valence-corrected chi connectivity index (χ2v) is 4.99. The first kappa shape index (κ1) is 12.9. The van der Waals surface area contributed by atoms with Crippen LogP contribution in [-0.4, -0.2) is 51.8 Å². The Balaban J connectivity index is 2.13. The molecule has 1 rings (SSSR count). The van der Waals surface area contributed by atoms with Gasteiger partial charge in [-0.3, -0.25) is 0 Å². The van der Waals surface area contributed by atoms with Gasteiger partial charge in [-0.15, -0.1) is 0 Å². The quantitative estimate of drug-likeness (QED) is 0.719. The highest BCUT2D eigenvalue weighted by Gasteiger charge is 2.15. The largest absolute Gasteiger partial charge is 0.384 e. The molecule has 1 aliphatic rings. The van der Waals surface area contributed by atoms with Crippen LogP contribution in [0.5, 0.6) is 0 Å². The van der Waals surface area contributed by atoms with Gasteiger partial charge in [0.25, 0.3) is 0 Å². The number of methoxy groups -OCH3 is 1. The summed E-state index contributed by atoms with van der Waals surface area (Å²) >= 11 is 0. The second-order valence-electron chi connectivity index (χ2n) is 4.99. The van der Waals surface area contributed by atoms with Gasteiger partial charge in [-0.2, -0.15) is 0 Å². The molecule has 0 bridgehead atoms. The van der Waals surface area contributed by atoms with E-state index in [1.807, 2.05) is 0 Å². The SMILES string of the molecule is COCC(C)CN(C)CC1CCCNC1. The predicted octanol–water partition coefficient (Wildman–Crippen LogP) is 1.20. The van der Waals surface area contributed by atoms with Gasteiger partial charge in [0.05, 0.1) is 0 Å². The Hall–Kier alpha value is -0.120. The summed E-state index contributed by atoms with van der Waals surface area (Å²) in [5.41, 5.74) is 0. The fraction of sp³-hybridized carbons (Fsp3) is 1.00. The molecule has 3 heteroatoms. The monoisotopic (exact) mass is 214 g/mol. The number of nitrogens with zero attached hydrogens (tertiary/aromatic N) is 1. The van der Waals surface area contributed by atoms with Gasteiger partial charge < -0.3 is 15.0 Å². The molecule has 3 nitrogen and oxygen atoms in total. The normalized spacial score (nSPS) is 24.4. The van der Waals surface area contributed by atoms with Crippen LogP contribution >= 0.6 is 0 Å². The Morgan fingerprint density at radius 1 is 1.53 bits per heavy atom. The number of piperidine rings is 1. The van der Waals surface area contributed by atoms with Crippen molar-refractivity contribution in [2.45, 2.75) is 19.8 Å². The molecule has 2 atom stereocenters. The fourth-order valence-electron chi connectivity index (χ4n) is 2.46. The molecule has 1 heterocycles. The van der Waals surface area contributed by atoms with Crippen LogP contribution in [0.1, 0.15) is 19.8 Å². The lowest BCUT2D eigenvalue weighted by molar-refractivity contribution is 0.129. The number of ether oxygens (including phenoxy) is 1. The molecule has 2 unspecified atom stereocenters. The molecule has 1 N–H and O–H groups in total. The summed E-state index contributed by atoms with van der Waals surface area (Å²) in [6.07, 6.45) is 2.72. The van der Waals surface area contributed by atoms with Gasteiger partial charge in [0.1, 0.15) is 0 Å². The summed E-state index contributed by atoms with van der Waals surface area (Å²) in [5.74, 6) is 1.48. The van der Waals surface area contributed by atoms with E-state index >= 15 is 0 Å². The highest BCUT2D eigenvalue weighted by molar-refractivity contribution is 4.72. The number of rotatable bonds is 6. The third kappa shape index (κ3) is 5.50. The molecule has 0 saturated carbocycles. The molecular weight excluding hydrogens is 188 g/mol. The van der Waals surface area contributed by atoms with E-state index in [4.69, 9.17) is 4.74 Å². The maximum atomic E-state index is 5.16. The van der Waals surface area contributed by atoms with Crippen molar-refractivity contribution in [3.05, 3.63) is 0 Å². The third-order valence-electron chi connectivity index (χ3n) is 3.04. The Kier molecular flexibility index (Phi) is 6.22. The summed E-state index contributed by atoms with van der Waals surface area (Å²) < 4.78 is 5.16. The van der Waals surface area contributed by atoms with Crippen molar-refractivity contribution < 1.29 is 4.74 Å². The molecule has 1 aliphatic heterocycles. The molecule has 0 aliphatic carbocycles. The second kappa shape index (κ2) is 7.20. The molecule has 1 saturated heterocycles. The third-order valence-corrected chi connectivity index (χ3v) is 3.04. The van der Waals surface area contributed by atoms with Crippen LogP contribution in [0.25, 0.3) is 0 Å². The van der Waals surface area contributed by atoms with E-state index in [0.29, 0.717) is 5.92 Å². The topological polar surface area (TPSA) is 24.5 Å². The number of hydrogen-bond acceptors (Lipinski definition) is 3. The van der Waals surface area contributed by atoms with E-state index in [-0.39, 0.29) is 0 Å². The molecule has 0 radical (unpaired) electrons. The van der Waals surface area contributed by atoms with E-state index in [9.17, 15) is 0 Å². The van der Waals surface area contributed by atoms with Crippen molar-refractivity contribution in [3.8, 4) is 0 Å². The van der Waals surface area contributed by atoms with Crippen molar-refractivity contribution >= 4 is 0 Å². The van der Waals surface area contributed by atoms with E-state index in [1.54, 1.807) is 7.11 Å². The van der Waals surface area contributed by atoms with Crippen molar-refractivity contribution in [3.63, 3.8) is 0 Å². The predicted molar refractivity (Wildman–Crippen MR) is 64.1 cm³/mol. The van der Waals surface area contributed by atoms with Crippen LogP contribution in [0.2, 0.25) is 0 Å². The van der Waals surface area contributed by atoms with Crippen LogP contribution in [-0.2, 0) is 4.74 Å². The zero-order chi connectivity index (χ0) is 11.1. The number of nitrogens with one attached hydrogen (secondary N) is 1. The minimum Gasteiger partial charge on any atom is -0.384 e. The summed E-state index contributed by atoms with van der Waals surface area (Å²) in [4.78, 5) is 2.45. The van der Waals surface area contributed by atoms with Gasteiger partial charge in [0.2, 0.25) is 0 Å². The standard InChI is InChI=1S/C12H26N2O/c1-11(10-15-3)8-14(2)9-12-5-4-6-13-7-12/h11-13H,4-10H2,1-3H3. The van der Waals surface area contributed by atoms with Crippen molar-refractivity contribution in [2.24, 2.45) is 11.8 Å². The van der Waals surface area contributed by atoms with Crippen LogP contribution in [0, 0.1) is 11.8 Å². The first-order valence-corrected chi connectivity index (χ1v) is 6.10. The van der Waals surface area contributed by atoms with Crippen molar-refractivity contribution in [1.82, 2.24) is 10.2 Å². The molecule has 90 valence electrons. The zero-order valence-corrected chi connectivity index (χ0v) is 10.5. The highest BCUT2D eigenvalue weighted by atomic mass is 16.5. The lowest BCUT2D eigenvalue weighted by Crippen LogP contribution is -2.38. The molecular formula is C12H26N2O. The maximum Gasteiger partial charge on any atom is 0.0500 e. The lowest BCUT2D eigenvalue weighted by atomic mass is 9.99. The van der Waals surface area contributed by atoms with Gasteiger partial charge in [0.15, 0.2) is 0 Å². The van der Waals surface area contributed by atoms with E-state index < -0.39 is 0 Å².